The lowest BCUT2D eigenvalue weighted by atomic mass is 9.96. The third-order valence-corrected chi connectivity index (χ3v) is 5.91. The number of fused-ring (bicyclic) bond motifs is 1. The summed E-state index contributed by atoms with van der Waals surface area (Å²) in [6.45, 7) is 3.76. The molecule has 3 aromatic rings. The third-order valence-electron chi connectivity index (χ3n) is 4.50. The van der Waals surface area contributed by atoms with E-state index in [1.165, 1.54) is 11.3 Å². The normalized spacial score (nSPS) is 16.5. The summed E-state index contributed by atoms with van der Waals surface area (Å²) in [5.41, 5.74) is 1.51. The monoisotopic (exact) mass is 472 g/mol. The highest BCUT2D eigenvalue weighted by atomic mass is 79.9. The number of ether oxygens (including phenoxy) is 1. The van der Waals surface area contributed by atoms with Crippen molar-refractivity contribution in [3.63, 3.8) is 0 Å². The van der Waals surface area contributed by atoms with Crippen LogP contribution in [-0.2, 0) is 9.53 Å². The molecule has 0 spiro atoms. The van der Waals surface area contributed by atoms with E-state index in [0.29, 0.717) is 31.0 Å². The van der Waals surface area contributed by atoms with E-state index in [1.807, 2.05) is 30.3 Å². The van der Waals surface area contributed by atoms with Gasteiger partial charge in [-0.2, -0.15) is 0 Å². The largest absolute Gasteiger partial charge is 0.463 e. The highest BCUT2D eigenvalue weighted by Gasteiger charge is 2.33. The Balaban J connectivity index is 1.96. The van der Waals surface area contributed by atoms with Crippen molar-refractivity contribution >= 4 is 39.3 Å². The zero-order valence-electron chi connectivity index (χ0n) is 15.7. The molecule has 0 aliphatic carbocycles. The number of furan rings is 1. The Morgan fingerprint density at radius 3 is 2.72 bits per heavy atom. The molecule has 0 unspecified atom stereocenters. The first-order valence-corrected chi connectivity index (χ1v) is 10.6. The molecule has 0 fully saturated rings. The molecular weight excluding hydrogens is 456 g/mol. The molecule has 4 rings (SSSR count). The molecule has 0 bridgehead atoms. The van der Waals surface area contributed by atoms with Gasteiger partial charge in [0.1, 0.15) is 5.76 Å². The average molecular weight is 473 g/mol. The summed E-state index contributed by atoms with van der Waals surface area (Å²) in [6.07, 6.45) is 1.68. The maximum atomic E-state index is 13.3. The molecule has 2 aromatic heterocycles. The Morgan fingerprint density at radius 2 is 2.07 bits per heavy atom. The van der Waals surface area contributed by atoms with Gasteiger partial charge in [0.2, 0.25) is 0 Å². The highest BCUT2D eigenvalue weighted by molar-refractivity contribution is 9.10. The number of allylic oxidation sites excluding steroid dienone is 1. The molecule has 0 saturated heterocycles. The lowest BCUT2D eigenvalue weighted by Crippen LogP contribution is -2.39. The van der Waals surface area contributed by atoms with Crippen LogP contribution in [-0.4, -0.2) is 17.1 Å². The molecule has 0 radical (unpaired) electrons. The molecule has 3 heterocycles. The van der Waals surface area contributed by atoms with Crippen LogP contribution >= 0.6 is 27.3 Å². The van der Waals surface area contributed by atoms with Crippen molar-refractivity contribution in [2.45, 2.75) is 19.9 Å². The van der Waals surface area contributed by atoms with Gasteiger partial charge >= 0.3 is 5.97 Å². The van der Waals surface area contributed by atoms with Crippen LogP contribution in [0.1, 0.15) is 31.2 Å². The molecular formula is C21H17BrN2O4S. The average Bonchev–Trinajstić information content (AvgIpc) is 3.24. The zero-order chi connectivity index (χ0) is 20.5. The van der Waals surface area contributed by atoms with Gasteiger partial charge in [-0.05, 0) is 47.5 Å². The fourth-order valence-electron chi connectivity index (χ4n) is 3.28. The molecule has 0 amide bonds. The number of carbonyl (C=O) groups is 1. The molecule has 8 heteroatoms. The molecule has 0 N–H and O–H groups in total. The van der Waals surface area contributed by atoms with E-state index in [9.17, 15) is 9.59 Å². The Labute approximate surface area is 178 Å². The SMILES string of the molecule is CCOC(=O)C1=C(C)N=c2s/c(=C/c3ccc(Br)o3)c(=O)n2[C@H]1c1ccccc1. The number of carbonyl (C=O) groups excluding carboxylic acids is 1. The van der Waals surface area contributed by atoms with Crippen molar-refractivity contribution in [1.82, 2.24) is 4.57 Å². The molecule has 0 saturated carbocycles. The number of rotatable bonds is 4. The van der Waals surface area contributed by atoms with E-state index >= 15 is 0 Å². The molecule has 29 heavy (non-hydrogen) atoms. The van der Waals surface area contributed by atoms with Gasteiger partial charge < -0.3 is 9.15 Å². The van der Waals surface area contributed by atoms with Crippen molar-refractivity contribution in [3.05, 3.63) is 89.4 Å². The van der Waals surface area contributed by atoms with Gasteiger partial charge in [0.15, 0.2) is 9.47 Å². The standard InChI is InChI=1S/C21H17BrN2O4S/c1-3-27-20(26)17-12(2)23-21-24(18(17)13-7-5-4-6-8-13)19(25)15(29-21)11-14-9-10-16(22)28-14/h4-11,18H,3H2,1-2H3/b15-11+/t18-/m0/s1. The lowest BCUT2D eigenvalue weighted by Gasteiger charge is -2.24. The maximum Gasteiger partial charge on any atom is 0.338 e. The van der Waals surface area contributed by atoms with Crippen LogP contribution < -0.4 is 14.9 Å². The molecule has 1 aliphatic heterocycles. The van der Waals surface area contributed by atoms with Crippen molar-refractivity contribution in [3.8, 4) is 0 Å². The molecule has 1 atom stereocenters. The lowest BCUT2D eigenvalue weighted by molar-refractivity contribution is -0.139. The van der Waals surface area contributed by atoms with Crippen LogP contribution in [0.4, 0.5) is 0 Å². The zero-order valence-corrected chi connectivity index (χ0v) is 18.1. The van der Waals surface area contributed by atoms with Crippen LogP contribution in [0, 0.1) is 0 Å². The Bertz CT molecular complexity index is 1280. The molecule has 6 nitrogen and oxygen atoms in total. The van der Waals surface area contributed by atoms with E-state index in [-0.39, 0.29) is 12.2 Å². The minimum Gasteiger partial charge on any atom is -0.463 e. The van der Waals surface area contributed by atoms with Crippen LogP contribution in [0.25, 0.3) is 6.08 Å². The van der Waals surface area contributed by atoms with Gasteiger partial charge in [-0.25, -0.2) is 9.79 Å². The molecule has 1 aliphatic rings. The number of hydrogen-bond acceptors (Lipinski definition) is 6. The number of halogens is 1. The Morgan fingerprint density at radius 1 is 1.31 bits per heavy atom. The van der Waals surface area contributed by atoms with Gasteiger partial charge in [0.05, 0.1) is 28.5 Å². The van der Waals surface area contributed by atoms with Gasteiger partial charge in [-0.15, -0.1) is 0 Å². The van der Waals surface area contributed by atoms with E-state index < -0.39 is 12.0 Å². The van der Waals surface area contributed by atoms with E-state index in [0.717, 1.165) is 5.56 Å². The van der Waals surface area contributed by atoms with Gasteiger partial charge in [-0.3, -0.25) is 9.36 Å². The maximum absolute atomic E-state index is 13.3. The first-order chi connectivity index (χ1) is 14.0. The summed E-state index contributed by atoms with van der Waals surface area (Å²) in [5.74, 6) is 0.0894. The van der Waals surface area contributed by atoms with Crippen molar-refractivity contribution in [2.24, 2.45) is 4.99 Å². The summed E-state index contributed by atoms with van der Waals surface area (Å²) in [6, 6.07) is 12.4. The van der Waals surface area contributed by atoms with Gasteiger partial charge in [-0.1, -0.05) is 41.7 Å². The topological polar surface area (TPSA) is 73.8 Å². The van der Waals surface area contributed by atoms with Crippen LogP contribution in [0.5, 0.6) is 0 Å². The Hall–Kier alpha value is -2.71. The van der Waals surface area contributed by atoms with Crippen molar-refractivity contribution < 1.29 is 13.9 Å². The predicted octanol–water partition coefficient (Wildman–Crippen LogP) is 3.15. The Kier molecular flexibility index (Phi) is 5.38. The number of benzene rings is 1. The smallest absolute Gasteiger partial charge is 0.338 e. The quantitative estimate of drug-likeness (QED) is 0.546. The van der Waals surface area contributed by atoms with Crippen LogP contribution in [0.3, 0.4) is 0 Å². The van der Waals surface area contributed by atoms with Gasteiger partial charge in [0.25, 0.3) is 5.56 Å². The molecule has 148 valence electrons. The third kappa shape index (κ3) is 3.65. The first-order valence-electron chi connectivity index (χ1n) is 8.99. The van der Waals surface area contributed by atoms with E-state index in [2.05, 4.69) is 20.9 Å². The summed E-state index contributed by atoms with van der Waals surface area (Å²) in [7, 11) is 0. The number of thiazole rings is 1. The summed E-state index contributed by atoms with van der Waals surface area (Å²) in [4.78, 5) is 31.1. The second-order valence-electron chi connectivity index (χ2n) is 6.35. The second kappa shape index (κ2) is 7.96. The van der Waals surface area contributed by atoms with E-state index in [1.54, 1.807) is 36.6 Å². The van der Waals surface area contributed by atoms with Crippen molar-refractivity contribution in [1.29, 1.82) is 0 Å². The fraction of sp³-hybridized carbons (Fsp3) is 0.190. The highest BCUT2D eigenvalue weighted by Crippen LogP contribution is 2.30. The summed E-state index contributed by atoms with van der Waals surface area (Å²) < 4.78 is 13.4. The fourth-order valence-corrected chi connectivity index (χ4v) is 4.62. The van der Waals surface area contributed by atoms with Crippen LogP contribution in [0.2, 0.25) is 0 Å². The second-order valence-corrected chi connectivity index (χ2v) is 8.15. The van der Waals surface area contributed by atoms with E-state index in [4.69, 9.17) is 9.15 Å². The minimum atomic E-state index is -0.600. The first kappa shape index (κ1) is 19.6. The van der Waals surface area contributed by atoms with Crippen molar-refractivity contribution in [2.75, 3.05) is 6.61 Å². The number of aromatic nitrogens is 1. The summed E-state index contributed by atoms with van der Waals surface area (Å²) in [5, 5.41) is 0. The number of hydrogen-bond donors (Lipinski definition) is 0. The number of nitrogens with zero attached hydrogens (tertiary/aromatic N) is 2. The number of esters is 1. The predicted molar refractivity (Wildman–Crippen MR) is 113 cm³/mol. The minimum absolute atomic E-state index is 0.232. The molecule has 1 aromatic carbocycles. The summed E-state index contributed by atoms with van der Waals surface area (Å²) >= 11 is 4.53. The van der Waals surface area contributed by atoms with Crippen LogP contribution in [0.15, 0.2) is 72.6 Å². The van der Waals surface area contributed by atoms with Gasteiger partial charge in [0, 0.05) is 6.08 Å².